The van der Waals surface area contributed by atoms with Crippen molar-refractivity contribution in [1.29, 1.82) is 5.41 Å². The molecule has 3 nitrogen and oxygen atoms in total. The summed E-state index contributed by atoms with van der Waals surface area (Å²) in [6.45, 7) is 4.49. The summed E-state index contributed by atoms with van der Waals surface area (Å²) >= 11 is 0. The normalized spacial score (nSPS) is 15.5. The van der Waals surface area contributed by atoms with Crippen LogP contribution in [-0.4, -0.2) is 6.72 Å². The van der Waals surface area contributed by atoms with Crippen molar-refractivity contribution in [3.8, 4) is 0 Å². The van der Waals surface area contributed by atoms with Crippen LogP contribution in [0.1, 0.15) is 19.8 Å². The van der Waals surface area contributed by atoms with Crippen molar-refractivity contribution < 1.29 is 0 Å². The fraction of sp³-hybridized carbons (Fsp3) is 0.300. The van der Waals surface area contributed by atoms with Crippen LogP contribution in [0.2, 0.25) is 0 Å². The Labute approximate surface area is 79.5 Å². The number of nitrogens with two attached hydrogens (primary N) is 1. The van der Waals surface area contributed by atoms with E-state index in [1.165, 1.54) is 5.70 Å². The minimum Gasteiger partial charge on any atom is -0.402 e. The van der Waals surface area contributed by atoms with Crippen molar-refractivity contribution in [3.05, 3.63) is 35.8 Å². The third-order valence-corrected chi connectivity index (χ3v) is 1.62. The molecule has 13 heavy (non-hydrogen) atoms. The maximum atomic E-state index is 5.60. The largest absolute Gasteiger partial charge is 0.402 e. The molecule has 0 radical (unpaired) electrons. The summed E-state index contributed by atoms with van der Waals surface area (Å²) in [6.07, 6.45) is 9.88. The molecule has 0 amide bonds. The Morgan fingerprint density at radius 3 is 2.62 bits per heavy atom. The van der Waals surface area contributed by atoms with Gasteiger partial charge >= 0.3 is 0 Å². The lowest BCUT2D eigenvalue weighted by Gasteiger charge is -2.10. The molecule has 0 saturated heterocycles. The molecule has 0 aliphatic heterocycles. The second-order valence-electron chi connectivity index (χ2n) is 2.58. The van der Waals surface area contributed by atoms with Gasteiger partial charge in [0.15, 0.2) is 0 Å². The van der Waals surface area contributed by atoms with Gasteiger partial charge in [0.05, 0.1) is 0 Å². The topological polar surface area (TPSA) is 61.9 Å². The van der Waals surface area contributed by atoms with Crippen LogP contribution in [-0.2, 0) is 0 Å². The van der Waals surface area contributed by atoms with E-state index in [9.17, 15) is 0 Å². The molecule has 1 aliphatic rings. The average Bonchev–Trinajstić information content (AvgIpc) is 2.20. The van der Waals surface area contributed by atoms with Crippen LogP contribution in [0.5, 0.6) is 0 Å². The molecule has 3 heteroatoms. The molecule has 0 atom stereocenters. The molecular formula is C10H17N3. The van der Waals surface area contributed by atoms with Crippen molar-refractivity contribution in [2.24, 2.45) is 5.73 Å². The van der Waals surface area contributed by atoms with Crippen LogP contribution in [0, 0.1) is 5.41 Å². The summed E-state index contributed by atoms with van der Waals surface area (Å²) < 4.78 is 0. The first-order valence-corrected chi connectivity index (χ1v) is 4.21. The standard InChI is InChI=1S/C9H14N2.CH3N/c1-2-7-11-9-5-3-8(10)4-6-9;1-2/h2-3,5,7,11H,4,6,10H2,1H3;2H,1H2/b7-2-;. The summed E-state index contributed by atoms with van der Waals surface area (Å²) in [4.78, 5) is 0. The van der Waals surface area contributed by atoms with E-state index in [0.29, 0.717) is 0 Å². The second-order valence-corrected chi connectivity index (χ2v) is 2.58. The summed E-state index contributed by atoms with van der Waals surface area (Å²) in [5.74, 6) is 0. The van der Waals surface area contributed by atoms with Crippen molar-refractivity contribution in [2.45, 2.75) is 19.8 Å². The van der Waals surface area contributed by atoms with Crippen molar-refractivity contribution >= 4 is 6.72 Å². The molecule has 0 fully saturated rings. The number of nitrogens with one attached hydrogen (secondary N) is 2. The van der Waals surface area contributed by atoms with Crippen LogP contribution in [0.4, 0.5) is 0 Å². The van der Waals surface area contributed by atoms with Gasteiger partial charge in [-0.05, 0) is 44.8 Å². The molecular weight excluding hydrogens is 162 g/mol. The van der Waals surface area contributed by atoms with Crippen LogP contribution >= 0.6 is 0 Å². The Morgan fingerprint density at radius 2 is 2.15 bits per heavy atom. The SMILES string of the molecule is C/C=C\NC1=CC=C(N)CC1.C=N. The minimum absolute atomic E-state index is 0.969. The van der Waals surface area contributed by atoms with E-state index >= 15 is 0 Å². The van der Waals surface area contributed by atoms with Gasteiger partial charge in [0.1, 0.15) is 0 Å². The van der Waals surface area contributed by atoms with Crippen molar-refractivity contribution in [2.75, 3.05) is 0 Å². The monoisotopic (exact) mass is 179 g/mol. The molecule has 0 aromatic carbocycles. The third kappa shape index (κ3) is 4.85. The van der Waals surface area contributed by atoms with E-state index in [-0.39, 0.29) is 0 Å². The highest BCUT2D eigenvalue weighted by Gasteiger charge is 2.00. The van der Waals surface area contributed by atoms with Gasteiger partial charge in [0, 0.05) is 11.4 Å². The minimum atomic E-state index is 0.969. The molecule has 4 N–H and O–H groups in total. The van der Waals surface area contributed by atoms with Gasteiger partial charge in [-0.2, -0.15) is 0 Å². The van der Waals surface area contributed by atoms with Gasteiger partial charge in [0.25, 0.3) is 0 Å². The molecule has 1 rings (SSSR count). The molecule has 0 aromatic rings. The Hall–Kier alpha value is -1.51. The van der Waals surface area contributed by atoms with Gasteiger partial charge in [0.2, 0.25) is 0 Å². The van der Waals surface area contributed by atoms with Crippen LogP contribution in [0.25, 0.3) is 0 Å². The van der Waals surface area contributed by atoms with E-state index in [2.05, 4.69) is 12.0 Å². The zero-order valence-corrected chi connectivity index (χ0v) is 8.01. The van der Waals surface area contributed by atoms with Gasteiger partial charge in [-0.3, -0.25) is 0 Å². The molecule has 72 valence electrons. The number of hydrogen-bond donors (Lipinski definition) is 3. The second kappa shape index (κ2) is 7.16. The third-order valence-electron chi connectivity index (χ3n) is 1.62. The molecule has 1 aliphatic carbocycles. The Morgan fingerprint density at radius 1 is 1.46 bits per heavy atom. The lowest BCUT2D eigenvalue weighted by atomic mass is 10.1. The summed E-state index contributed by atoms with van der Waals surface area (Å²) in [5, 5.41) is 8.67. The van der Waals surface area contributed by atoms with E-state index in [4.69, 9.17) is 11.1 Å². The molecule has 0 bridgehead atoms. The average molecular weight is 179 g/mol. The Balaban J connectivity index is 0.000000671. The zero-order valence-electron chi connectivity index (χ0n) is 8.01. The van der Waals surface area contributed by atoms with E-state index in [1.807, 2.05) is 31.4 Å². The summed E-state index contributed by atoms with van der Waals surface area (Å²) in [7, 11) is 0. The smallest absolute Gasteiger partial charge is 0.0151 e. The number of hydrogen-bond acceptors (Lipinski definition) is 3. The first-order chi connectivity index (χ1) is 6.33. The quantitative estimate of drug-likeness (QED) is 0.567. The fourth-order valence-electron chi connectivity index (χ4n) is 0.964. The highest BCUT2D eigenvalue weighted by Crippen LogP contribution is 2.11. The highest BCUT2D eigenvalue weighted by molar-refractivity contribution is 5.21. The number of allylic oxidation sites excluding steroid dienone is 5. The Bertz CT molecular complexity index is 226. The van der Waals surface area contributed by atoms with Gasteiger partial charge in [-0.15, -0.1) is 0 Å². The lowest BCUT2D eigenvalue weighted by Crippen LogP contribution is -2.10. The van der Waals surface area contributed by atoms with Crippen molar-refractivity contribution in [1.82, 2.24) is 5.32 Å². The predicted octanol–water partition coefficient (Wildman–Crippen LogP) is 1.90. The lowest BCUT2D eigenvalue weighted by molar-refractivity contribution is 0.828. The van der Waals surface area contributed by atoms with E-state index < -0.39 is 0 Å². The molecule has 0 unspecified atom stereocenters. The fourth-order valence-corrected chi connectivity index (χ4v) is 0.964. The predicted molar refractivity (Wildman–Crippen MR) is 57.4 cm³/mol. The first kappa shape index (κ1) is 11.5. The van der Waals surface area contributed by atoms with Crippen LogP contribution in [0.15, 0.2) is 35.8 Å². The molecule has 0 heterocycles. The van der Waals surface area contributed by atoms with E-state index in [1.54, 1.807) is 0 Å². The van der Waals surface area contributed by atoms with Gasteiger partial charge < -0.3 is 16.5 Å². The van der Waals surface area contributed by atoms with E-state index in [0.717, 1.165) is 18.5 Å². The zero-order chi connectivity index (χ0) is 10.1. The molecule has 0 saturated carbocycles. The van der Waals surface area contributed by atoms with Crippen LogP contribution < -0.4 is 11.1 Å². The van der Waals surface area contributed by atoms with Crippen molar-refractivity contribution in [3.63, 3.8) is 0 Å². The van der Waals surface area contributed by atoms with Gasteiger partial charge in [-0.1, -0.05) is 6.08 Å². The maximum absolute atomic E-state index is 5.60. The summed E-state index contributed by atoms with van der Waals surface area (Å²) in [6, 6.07) is 0. The summed E-state index contributed by atoms with van der Waals surface area (Å²) in [5.41, 5.74) is 7.80. The highest BCUT2D eigenvalue weighted by atomic mass is 14.8. The van der Waals surface area contributed by atoms with Crippen LogP contribution in [0.3, 0.4) is 0 Å². The first-order valence-electron chi connectivity index (χ1n) is 4.21. The molecule has 0 aromatic heterocycles. The van der Waals surface area contributed by atoms with Gasteiger partial charge in [-0.25, -0.2) is 0 Å². The molecule has 0 spiro atoms. The Kier molecular flexibility index (Phi) is 6.32. The number of rotatable bonds is 2. The maximum Gasteiger partial charge on any atom is 0.0151 e.